The molecular weight excluding hydrogens is 306 g/mol. The topological polar surface area (TPSA) is 38.9 Å². The summed E-state index contributed by atoms with van der Waals surface area (Å²) < 4.78 is 13.9. The number of hydrogen-bond acceptors (Lipinski definition) is 3. The normalized spacial score (nSPS) is 11.1. The highest BCUT2D eigenvalue weighted by atomic mass is 35.5. The van der Waals surface area contributed by atoms with E-state index < -0.39 is 0 Å². The molecule has 96 valence electrons. The van der Waals surface area contributed by atoms with Gasteiger partial charge >= 0.3 is 0 Å². The van der Waals surface area contributed by atoms with Gasteiger partial charge in [0.2, 0.25) is 0 Å². The lowest BCUT2D eigenvalue weighted by atomic mass is 10.2. The molecule has 0 radical (unpaired) electrons. The van der Waals surface area contributed by atoms with Gasteiger partial charge in [0.1, 0.15) is 10.8 Å². The van der Waals surface area contributed by atoms with Crippen molar-refractivity contribution in [2.75, 3.05) is 5.73 Å². The van der Waals surface area contributed by atoms with Crippen LogP contribution in [0.5, 0.6) is 0 Å². The van der Waals surface area contributed by atoms with E-state index in [4.69, 9.17) is 28.9 Å². The first-order valence-electron chi connectivity index (χ1n) is 5.35. The van der Waals surface area contributed by atoms with E-state index in [1.807, 2.05) is 0 Å². The van der Waals surface area contributed by atoms with Gasteiger partial charge in [-0.05, 0) is 30.3 Å². The molecule has 2 aromatic carbocycles. The molecule has 3 aromatic rings. The Kier molecular flexibility index (Phi) is 3.09. The summed E-state index contributed by atoms with van der Waals surface area (Å²) in [7, 11) is 0. The fourth-order valence-electron chi connectivity index (χ4n) is 1.78. The fourth-order valence-corrected chi connectivity index (χ4v) is 3.29. The van der Waals surface area contributed by atoms with Crippen molar-refractivity contribution in [3.63, 3.8) is 0 Å². The van der Waals surface area contributed by atoms with Crippen LogP contribution in [0.2, 0.25) is 10.0 Å². The number of nitrogens with zero attached hydrogens (tertiary/aromatic N) is 1. The second-order valence-electron chi connectivity index (χ2n) is 3.98. The summed E-state index contributed by atoms with van der Waals surface area (Å²) in [6.07, 6.45) is 0. The zero-order valence-electron chi connectivity index (χ0n) is 9.45. The van der Waals surface area contributed by atoms with Crippen molar-refractivity contribution in [2.45, 2.75) is 0 Å². The zero-order chi connectivity index (χ0) is 13.6. The van der Waals surface area contributed by atoms with Gasteiger partial charge in [-0.3, -0.25) is 0 Å². The largest absolute Gasteiger partial charge is 0.397 e. The summed E-state index contributed by atoms with van der Waals surface area (Å²) in [5.41, 5.74) is 7.74. The van der Waals surface area contributed by atoms with Crippen LogP contribution in [0.4, 0.5) is 10.1 Å². The Morgan fingerprint density at radius 2 is 1.95 bits per heavy atom. The molecule has 0 aliphatic rings. The maximum absolute atomic E-state index is 13.2. The van der Waals surface area contributed by atoms with Gasteiger partial charge in [-0.25, -0.2) is 9.37 Å². The minimum atomic E-state index is -0.292. The van der Waals surface area contributed by atoms with Crippen LogP contribution >= 0.6 is 34.5 Å². The molecule has 6 heteroatoms. The van der Waals surface area contributed by atoms with E-state index in [1.165, 1.54) is 23.5 Å². The van der Waals surface area contributed by atoms with Crippen LogP contribution in [0.3, 0.4) is 0 Å². The quantitative estimate of drug-likeness (QED) is 0.643. The van der Waals surface area contributed by atoms with E-state index in [-0.39, 0.29) is 5.82 Å². The standard InChI is InChI=1S/C13H7Cl2FN2S/c14-6-3-8(12(17)9(15)4-6)13-18-10-2-1-7(16)5-11(10)19-13/h1-5H,17H2. The average molecular weight is 313 g/mol. The van der Waals surface area contributed by atoms with E-state index in [9.17, 15) is 4.39 Å². The molecule has 0 aliphatic carbocycles. The number of nitrogen functional groups attached to an aromatic ring is 1. The van der Waals surface area contributed by atoms with Crippen molar-refractivity contribution >= 4 is 50.4 Å². The van der Waals surface area contributed by atoms with Crippen LogP contribution in [-0.4, -0.2) is 4.98 Å². The highest BCUT2D eigenvalue weighted by Crippen LogP contribution is 2.38. The van der Waals surface area contributed by atoms with Crippen LogP contribution in [-0.2, 0) is 0 Å². The minimum Gasteiger partial charge on any atom is -0.397 e. The SMILES string of the molecule is Nc1c(Cl)cc(Cl)cc1-c1nc2ccc(F)cc2s1. The molecule has 0 saturated heterocycles. The zero-order valence-corrected chi connectivity index (χ0v) is 11.8. The highest BCUT2D eigenvalue weighted by molar-refractivity contribution is 7.21. The van der Waals surface area contributed by atoms with Crippen LogP contribution in [0.1, 0.15) is 0 Å². The lowest BCUT2D eigenvalue weighted by Crippen LogP contribution is -1.91. The number of halogens is 3. The van der Waals surface area contributed by atoms with Crippen molar-refractivity contribution in [3.05, 3.63) is 46.2 Å². The first-order chi connectivity index (χ1) is 9.04. The maximum Gasteiger partial charge on any atom is 0.126 e. The molecule has 3 rings (SSSR count). The lowest BCUT2D eigenvalue weighted by molar-refractivity contribution is 0.630. The van der Waals surface area contributed by atoms with E-state index in [0.717, 1.165) is 10.2 Å². The van der Waals surface area contributed by atoms with E-state index in [2.05, 4.69) is 4.98 Å². The number of benzene rings is 2. The molecule has 0 spiro atoms. The number of hydrogen-bond donors (Lipinski definition) is 1. The smallest absolute Gasteiger partial charge is 0.126 e. The first kappa shape index (κ1) is 12.7. The Morgan fingerprint density at radius 3 is 2.74 bits per heavy atom. The molecule has 2 N–H and O–H groups in total. The van der Waals surface area contributed by atoms with Gasteiger partial charge in [0.05, 0.1) is 20.9 Å². The molecule has 1 heterocycles. The Balaban J connectivity index is 2.24. The summed E-state index contributed by atoms with van der Waals surface area (Å²) in [5, 5.41) is 1.54. The maximum atomic E-state index is 13.2. The predicted octanol–water partition coefficient (Wildman–Crippen LogP) is 4.99. The lowest BCUT2D eigenvalue weighted by Gasteiger charge is -2.05. The van der Waals surface area contributed by atoms with Crippen LogP contribution < -0.4 is 5.73 Å². The molecule has 0 bridgehead atoms. The van der Waals surface area contributed by atoms with Crippen LogP contribution in [0, 0.1) is 5.82 Å². The number of anilines is 1. The van der Waals surface area contributed by atoms with Crippen molar-refractivity contribution in [1.82, 2.24) is 4.98 Å². The Bertz CT molecular complexity index is 786. The summed E-state index contributed by atoms with van der Waals surface area (Å²) in [4.78, 5) is 4.42. The molecule has 1 aromatic heterocycles. The van der Waals surface area contributed by atoms with Crippen molar-refractivity contribution in [1.29, 1.82) is 0 Å². The molecule has 0 fully saturated rings. The highest BCUT2D eigenvalue weighted by Gasteiger charge is 2.13. The molecule has 0 atom stereocenters. The van der Waals surface area contributed by atoms with Crippen LogP contribution in [0.25, 0.3) is 20.8 Å². The van der Waals surface area contributed by atoms with Gasteiger partial charge in [-0.2, -0.15) is 0 Å². The Labute approximate surface area is 122 Å². The Morgan fingerprint density at radius 1 is 1.16 bits per heavy atom. The Hall–Kier alpha value is -1.36. The number of fused-ring (bicyclic) bond motifs is 1. The first-order valence-corrected chi connectivity index (χ1v) is 6.93. The van der Waals surface area contributed by atoms with E-state index in [1.54, 1.807) is 18.2 Å². The van der Waals surface area contributed by atoms with Crippen molar-refractivity contribution in [2.24, 2.45) is 0 Å². The minimum absolute atomic E-state index is 0.292. The molecule has 0 unspecified atom stereocenters. The monoisotopic (exact) mass is 312 g/mol. The second-order valence-corrected chi connectivity index (χ2v) is 5.85. The van der Waals surface area contributed by atoms with Gasteiger partial charge in [0, 0.05) is 10.6 Å². The summed E-state index contributed by atoms with van der Waals surface area (Å²) in [6, 6.07) is 7.73. The third kappa shape index (κ3) is 2.27. The molecule has 2 nitrogen and oxygen atoms in total. The molecular formula is C13H7Cl2FN2S. The number of thiazole rings is 1. The second kappa shape index (κ2) is 4.63. The van der Waals surface area contributed by atoms with E-state index >= 15 is 0 Å². The van der Waals surface area contributed by atoms with Gasteiger partial charge in [0.25, 0.3) is 0 Å². The predicted molar refractivity (Wildman–Crippen MR) is 79.4 cm³/mol. The molecule has 19 heavy (non-hydrogen) atoms. The number of nitrogens with two attached hydrogens (primary N) is 1. The average Bonchev–Trinajstić information content (AvgIpc) is 2.76. The fraction of sp³-hybridized carbons (Fsp3) is 0. The third-order valence-corrected chi connectivity index (χ3v) is 4.26. The molecule has 0 saturated carbocycles. The molecule has 0 amide bonds. The van der Waals surface area contributed by atoms with Crippen molar-refractivity contribution < 1.29 is 4.39 Å². The summed E-state index contributed by atoms with van der Waals surface area (Å²) in [6.45, 7) is 0. The van der Waals surface area contributed by atoms with Crippen LogP contribution in [0.15, 0.2) is 30.3 Å². The number of rotatable bonds is 1. The molecule has 0 aliphatic heterocycles. The van der Waals surface area contributed by atoms with E-state index in [0.29, 0.717) is 26.3 Å². The van der Waals surface area contributed by atoms with Gasteiger partial charge in [-0.1, -0.05) is 23.2 Å². The van der Waals surface area contributed by atoms with Gasteiger partial charge in [-0.15, -0.1) is 11.3 Å². The van der Waals surface area contributed by atoms with Gasteiger partial charge in [0.15, 0.2) is 0 Å². The number of aromatic nitrogens is 1. The van der Waals surface area contributed by atoms with Gasteiger partial charge < -0.3 is 5.73 Å². The summed E-state index contributed by atoms with van der Waals surface area (Å²) in [5.74, 6) is -0.292. The van der Waals surface area contributed by atoms with Crippen molar-refractivity contribution in [3.8, 4) is 10.6 Å². The summed E-state index contributed by atoms with van der Waals surface area (Å²) >= 11 is 13.3. The third-order valence-electron chi connectivity index (χ3n) is 2.68.